The number of aliphatic carboxylic acids is 1. The monoisotopic (exact) mass is 258 g/mol. The summed E-state index contributed by atoms with van der Waals surface area (Å²) in [5.74, 6) is -0.302. The first kappa shape index (κ1) is 11.2. The maximum Gasteiger partial charge on any atom is 0.323 e. The van der Waals surface area contributed by atoms with Crippen molar-refractivity contribution >= 4 is 40.2 Å². The van der Waals surface area contributed by atoms with Crippen molar-refractivity contribution in [2.24, 2.45) is 0 Å². The van der Waals surface area contributed by atoms with Gasteiger partial charge in [-0.05, 0) is 19.1 Å². The van der Waals surface area contributed by atoms with Crippen molar-refractivity contribution < 1.29 is 9.90 Å². The number of rotatable bonds is 2. The Hall–Kier alpha value is -1.26. The molecule has 0 aliphatic rings. The summed E-state index contributed by atoms with van der Waals surface area (Å²) < 4.78 is 1.58. The van der Waals surface area contributed by atoms with Gasteiger partial charge in [0.1, 0.15) is 12.4 Å². The Morgan fingerprint density at radius 2 is 2.06 bits per heavy atom. The molecule has 2 rings (SSSR count). The van der Waals surface area contributed by atoms with Crippen LogP contribution in [0.25, 0.3) is 11.0 Å². The number of nitrogens with zero attached hydrogens (tertiary/aromatic N) is 2. The minimum Gasteiger partial charge on any atom is -0.480 e. The van der Waals surface area contributed by atoms with Crippen molar-refractivity contribution in [2.75, 3.05) is 0 Å². The Kier molecular flexibility index (Phi) is 2.78. The molecule has 0 aliphatic heterocycles. The summed E-state index contributed by atoms with van der Waals surface area (Å²) in [4.78, 5) is 14.9. The van der Waals surface area contributed by atoms with Gasteiger partial charge in [0.05, 0.1) is 21.1 Å². The van der Waals surface area contributed by atoms with Crippen molar-refractivity contribution in [2.45, 2.75) is 13.5 Å². The third kappa shape index (κ3) is 1.86. The molecule has 1 heterocycles. The highest BCUT2D eigenvalue weighted by Gasteiger charge is 2.12. The number of hydrogen-bond acceptors (Lipinski definition) is 2. The fraction of sp³-hybridized carbons (Fsp3) is 0.200. The summed E-state index contributed by atoms with van der Waals surface area (Å²) in [6.45, 7) is 1.60. The lowest BCUT2D eigenvalue weighted by molar-refractivity contribution is -0.137. The summed E-state index contributed by atoms with van der Waals surface area (Å²) >= 11 is 11.7. The van der Waals surface area contributed by atoms with Crippen molar-refractivity contribution in [3.63, 3.8) is 0 Å². The van der Waals surface area contributed by atoms with Gasteiger partial charge < -0.3 is 9.67 Å². The van der Waals surface area contributed by atoms with Crippen LogP contribution in [-0.4, -0.2) is 20.6 Å². The van der Waals surface area contributed by atoms with Crippen LogP contribution >= 0.6 is 23.2 Å². The van der Waals surface area contributed by atoms with Gasteiger partial charge in [-0.25, -0.2) is 4.98 Å². The third-order valence-electron chi connectivity index (χ3n) is 2.27. The lowest BCUT2D eigenvalue weighted by Gasteiger charge is -2.03. The zero-order valence-corrected chi connectivity index (χ0v) is 9.88. The van der Waals surface area contributed by atoms with Crippen LogP contribution in [0.1, 0.15) is 5.82 Å². The van der Waals surface area contributed by atoms with Crippen molar-refractivity contribution in [3.05, 3.63) is 28.0 Å². The molecule has 16 heavy (non-hydrogen) atoms. The lowest BCUT2D eigenvalue weighted by atomic mass is 10.3. The zero-order valence-electron chi connectivity index (χ0n) is 8.37. The van der Waals surface area contributed by atoms with Gasteiger partial charge in [0.25, 0.3) is 0 Å². The number of fused-ring (bicyclic) bond motifs is 1. The van der Waals surface area contributed by atoms with E-state index in [4.69, 9.17) is 28.3 Å². The fourth-order valence-electron chi connectivity index (χ4n) is 1.58. The van der Waals surface area contributed by atoms with Gasteiger partial charge in [-0.1, -0.05) is 23.2 Å². The van der Waals surface area contributed by atoms with Gasteiger partial charge in [-0.15, -0.1) is 0 Å². The predicted molar refractivity (Wildman–Crippen MR) is 62.1 cm³/mol. The Bertz CT molecular complexity index is 578. The van der Waals surface area contributed by atoms with Crippen LogP contribution in [0.4, 0.5) is 0 Å². The maximum absolute atomic E-state index is 10.7. The zero-order chi connectivity index (χ0) is 11.9. The summed E-state index contributed by atoms with van der Waals surface area (Å²) in [6.07, 6.45) is 0. The number of halogens is 2. The van der Waals surface area contributed by atoms with E-state index in [2.05, 4.69) is 4.98 Å². The second-order valence-corrected chi connectivity index (χ2v) is 4.21. The van der Waals surface area contributed by atoms with Gasteiger partial charge >= 0.3 is 5.97 Å². The molecule has 0 aliphatic carbocycles. The minimum atomic E-state index is -0.923. The number of carbonyl (C=O) groups is 1. The number of aromatic nitrogens is 2. The van der Waals surface area contributed by atoms with Crippen LogP contribution < -0.4 is 0 Å². The van der Waals surface area contributed by atoms with Crippen LogP contribution in [0.15, 0.2) is 12.1 Å². The number of imidazole rings is 1. The highest BCUT2D eigenvalue weighted by atomic mass is 35.5. The molecule has 0 fully saturated rings. The molecule has 6 heteroatoms. The molecule has 0 saturated heterocycles. The van der Waals surface area contributed by atoms with Crippen molar-refractivity contribution in [1.82, 2.24) is 9.55 Å². The summed E-state index contributed by atoms with van der Waals surface area (Å²) in [7, 11) is 0. The van der Waals surface area contributed by atoms with E-state index in [1.165, 1.54) is 0 Å². The van der Waals surface area contributed by atoms with Crippen LogP contribution in [0.2, 0.25) is 10.0 Å². The molecular weight excluding hydrogens is 251 g/mol. The van der Waals surface area contributed by atoms with E-state index < -0.39 is 5.97 Å². The molecule has 0 atom stereocenters. The highest BCUT2D eigenvalue weighted by Crippen LogP contribution is 2.28. The normalized spacial score (nSPS) is 10.9. The smallest absolute Gasteiger partial charge is 0.323 e. The average molecular weight is 259 g/mol. The molecule has 1 aromatic carbocycles. The molecule has 0 saturated carbocycles. The van der Waals surface area contributed by atoms with Crippen LogP contribution in [0.3, 0.4) is 0 Å². The summed E-state index contributed by atoms with van der Waals surface area (Å²) in [5, 5.41) is 9.59. The molecule has 2 aromatic rings. The van der Waals surface area contributed by atoms with E-state index in [9.17, 15) is 4.79 Å². The van der Waals surface area contributed by atoms with Gasteiger partial charge in [0, 0.05) is 0 Å². The van der Waals surface area contributed by atoms with Gasteiger partial charge in [0.15, 0.2) is 0 Å². The molecule has 0 spiro atoms. The lowest BCUT2D eigenvalue weighted by Crippen LogP contribution is -2.09. The Balaban J connectivity index is 2.68. The Morgan fingerprint density at radius 1 is 1.44 bits per heavy atom. The second-order valence-electron chi connectivity index (χ2n) is 3.39. The molecule has 4 nitrogen and oxygen atoms in total. The third-order valence-corrected chi connectivity index (χ3v) is 3.00. The highest BCUT2D eigenvalue weighted by molar-refractivity contribution is 6.42. The fourth-order valence-corrected chi connectivity index (χ4v) is 1.89. The molecule has 1 N–H and O–H groups in total. The number of carboxylic acids is 1. The quantitative estimate of drug-likeness (QED) is 0.902. The molecule has 0 radical (unpaired) electrons. The summed E-state index contributed by atoms with van der Waals surface area (Å²) in [5.41, 5.74) is 1.32. The number of benzene rings is 1. The maximum atomic E-state index is 10.7. The number of aryl methyl sites for hydroxylation is 1. The standard InChI is InChI=1S/C10H8Cl2N2O2/c1-5-13-8-2-6(11)7(12)3-9(8)14(5)4-10(15)16/h2-3H,4H2,1H3,(H,15,16). The second kappa shape index (κ2) is 3.96. The molecule has 0 amide bonds. The Labute approximate surface area is 101 Å². The van der Waals surface area contributed by atoms with E-state index in [1.807, 2.05) is 0 Å². The van der Waals surface area contributed by atoms with Crippen molar-refractivity contribution in [1.29, 1.82) is 0 Å². The van der Waals surface area contributed by atoms with Crippen molar-refractivity contribution in [3.8, 4) is 0 Å². The molecule has 84 valence electrons. The van der Waals surface area contributed by atoms with Crippen LogP contribution in [0.5, 0.6) is 0 Å². The SMILES string of the molecule is Cc1nc2cc(Cl)c(Cl)cc2n1CC(=O)O. The molecule has 1 aromatic heterocycles. The first-order chi connectivity index (χ1) is 7.49. The van der Waals surface area contributed by atoms with Crippen LogP contribution in [0, 0.1) is 6.92 Å². The number of hydrogen-bond donors (Lipinski definition) is 1. The first-order valence-corrected chi connectivity index (χ1v) is 5.28. The minimum absolute atomic E-state index is 0.139. The first-order valence-electron chi connectivity index (χ1n) is 4.52. The molecular formula is C10H8Cl2N2O2. The predicted octanol–water partition coefficient (Wildman–Crippen LogP) is 2.74. The van der Waals surface area contributed by atoms with E-state index >= 15 is 0 Å². The van der Waals surface area contributed by atoms with E-state index in [0.717, 1.165) is 0 Å². The van der Waals surface area contributed by atoms with E-state index in [-0.39, 0.29) is 6.54 Å². The van der Waals surface area contributed by atoms with Gasteiger partial charge in [-0.2, -0.15) is 0 Å². The largest absolute Gasteiger partial charge is 0.480 e. The van der Waals surface area contributed by atoms with Gasteiger partial charge in [-0.3, -0.25) is 4.79 Å². The molecule has 0 bridgehead atoms. The number of carboxylic acid groups (broad SMARTS) is 1. The van der Waals surface area contributed by atoms with Gasteiger partial charge in [0.2, 0.25) is 0 Å². The topological polar surface area (TPSA) is 55.1 Å². The van der Waals surface area contributed by atoms with E-state index in [1.54, 1.807) is 23.6 Å². The summed E-state index contributed by atoms with van der Waals surface area (Å²) in [6, 6.07) is 3.26. The molecule has 0 unspecified atom stereocenters. The average Bonchev–Trinajstić information content (AvgIpc) is 2.45. The Morgan fingerprint density at radius 3 is 2.69 bits per heavy atom. The van der Waals surface area contributed by atoms with Crippen LogP contribution in [-0.2, 0) is 11.3 Å². The van der Waals surface area contributed by atoms with E-state index in [0.29, 0.717) is 26.9 Å².